The lowest BCUT2D eigenvalue weighted by atomic mass is 10.3. The zero-order chi connectivity index (χ0) is 14.3. The van der Waals surface area contributed by atoms with Crippen LogP contribution in [0.4, 0.5) is 0 Å². The molecule has 2 atom stereocenters. The van der Waals surface area contributed by atoms with Gasteiger partial charge in [0.15, 0.2) is 0 Å². The Morgan fingerprint density at radius 2 is 1.89 bits per heavy atom. The third-order valence-electron chi connectivity index (χ3n) is 2.85. The monoisotopic (exact) mass is 287 g/mol. The fourth-order valence-electron chi connectivity index (χ4n) is 1.57. The molecule has 0 amide bonds. The van der Waals surface area contributed by atoms with Crippen LogP contribution in [0.3, 0.4) is 0 Å². The van der Waals surface area contributed by atoms with Gasteiger partial charge < -0.3 is 14.8 Å². The highest BCUT2D eigenvalue weighted by Gasteiger charge is 2.12. The Balaban J connectivity index is 2.55. The minimum absolute atomic E-state index is 0.184. The van der Waals surface area contributed by atoms with Crippen LogP contribution in [0, 0.1) is 0 Å². The first-order chi connectivity index (χ1) is 9.10. The van der Waals surface area contributed by atoms with Gasteiger partial charge in [-0.3, -0.25) is 4.21 Å². The van der Waals surface area contributed by atoms with Crippen molar-refractivity contribution in [3.63, 3.8) is 0 Å². The molecule has 7 heteroatoms. The van der Waals surface area contributed by atoms with E-state index in [2.05, 4.69) is 15.3 Å². The van der Waals surface area contributed by atoms with E-state index < -0.39 is 10.8 Å². The number of aromatic nitrogens is 2. The second-order valence-electron chi connectivity index (χ2n) is 4.15. The van der Waals surface area contributed by atoms with Gasteiger partial charge in [0.1, 0.15) is 6.33 Å². The molecule has 0 fully saturated rings. The predicted molar refractivity (Wildman–Crippen MR) is 75.0 cm³/mol. The number of hydrogen-bond acceptors (Lipinski definition) is 6. The average molecular weight is 287 g/mol. The molecule has 1 aromatic heterocycles. The van der Waals surface area contributed by atoms with Gasteiger partial charge in [-0.05, 0) is 13.0 Å². The second-order valence-corrected chi connectivity index (χ2v) is 5.95. The highest BCUT2D eigenvalue weighted by molar-refractivity contribution is 7.84. The van der Waals surface area contributed by atoms with Crippen LogP contribution in [0.2, 0.25) is 0 Å². The van der Waals surface area contributed by atoms with Crippen LogP contribution < -0.4 is 14.8 Å². The number of nitrogens with zero attached hydrogens (tertiary/aromatic N) is 2. The summed E-state index contributed by atoms with van der Waals surface area (Å²) in [5, 5.41) is 3.45. The summed E-state index contributed by atoms with van der Waals surface area (Å²) in [4.78, 5) is 8.09. The first-order valence-electron chi connectivity index (χ1n) is 6.05. The third kappa shape index (κ3) is 4.76. The van der Waals surface area contributed by atoms with Crippen molar-refractivity contribution in [1.82, 2.24) is 15.3 Å². The number of nitrogens with one attached hydrogen (secondary N) is 1. The largest absolute Gasteiger partial charge is 0.481 e. The fraction of sp³-hybridized carbons (Fsp3) is 0.667. The molecule has 0 bridgehead atoms. The van der Waals surface area contributed by atoms with Crippen molar-refractivity contribution in [2.75, 3.05) is 27.0 Å². The van der Waals surface area contributed by atoms with E-state index in [-0.39, 0.29) is 5.25 Å². The molecule has 0 spiro atoms. The molecule has 1 rings (SSSR count). The Bertz CT molecular complexity index is 406. The van der Waals surface area contributed by atoms with Crippen LogP contribution in [-0.4, -0.2) is 46.4 Å². The standard InChI is InChI=1S/C12H21N3O3S/c1-9(19(4)16)5-6-13-7-10-11(17-2)14-8-15-12(10)18-3/h8-9,13H,5-7H2,1-4H3. The number of hydrogen-bond donors (Lipinski definition) is 1. The molecule has 1 N–H and O–H groups in total. The molecular weight excluding hydrogens is 266 g/mol. The zero-order valence-corrected chi connectivity index (χ0v) is 12.6. The normalized spacial score (nSPS) is 13.9. The van der Waals surface area contributed by atoms with Gasteiger partial charge in [-0.2, -0.15) is 0 Å². The third-order valence-corrected chi connectivity index (χ3v) is 4.22. The van der Waals surface area contributed by atoms with Crippen molar-refractivity contribution in [3.8, 4) is 11.8 Å². The Kier molecular flexibility index (Phi) is 6.72. The Labute approximate surface area is 116 Å². The first-order valence-corrected chi connectivity index (χ1v) is 7.67. The summed E-state index contributed by atoms with van der Waals surface area (Å²) < 4.78 is 21.6. The van der Waals surface area contributed by atoms with E-state index in [1.54, 1.807) is 20.5 Å². The smallest absolute Gasteiger partial charge is 0.224 e. The van der Waals surface area contributed by atoms with Crippen molar-refractivity contribution in [2.24, 2.45) is 0 Å². The molecule has 6 nitrogen and oxygen atoms in total. The lowest BCUT2D eigenvalue weighted by Crippen LogP contribution is -2.21. The second kappa shape index (κ2) is 8.06. The summed E-state index contributed by atoms with van der Waals surface area (Å²) in [6.45, 7) is 3.29. The lowest BCUT2D eigenvalue weighted by Gasteiger charge is -2.12. The molecule has 1 heterocycles. The van der Waals surface area contributed by atoms with Crippen LogP contribution in [0.25, 0.3) is 0 Å². The maximum atomic E-state index is 11.2. The summed E-state index contributed by atoms with van der Waals surface area (Å²) in [5.74, 6) is 1.01. The highest BCUT2D eigenvalue weighted by atomic mass is 32.2. The van der Waals surface area contributed by atoms with Gasteiger partial charge in [0.25, 0.3) is 0 Å². The van der Waals surface area contributed by atoms with E-state index in [1.807, 2.05) is 6.92 Å². The van der Waals surface area contributed by atoms with Crippen LogP contribution >= 0.6 is 0 Å². The Hall–Kier alpha value is -1.21. The van der Waals surface area contributed by atoms with E-state index in [4.69, 9.17) is 9.47 Å². The topological polar surface area (TPSA) is 73.3 Å². The maximum absolute atomic E-state index is 11.2. The number of rotatable bonds is 8. The van der Waals surface area contributed by atoms with Gasteiger partial charge in [0.2, 0.25) is 11.8 Å². The molecule has 0 radical (unpaired) electrons. The number of ether oxygens (including phenoxy) is 2. The van der Waals surface area contributed by atoms with Crippen LogP contribution in [0.5, 0.6) is 11.8 Å². The van der Waals surface area contributed by atoms with Crippen molar-refractivity contribution in [1.29, 1.82) is 0 Å². The Morgan fingerprint density at radius 3 is 2.37 bits per heavy atom. The van der Waals surface area contributed by atoms with Crippen LogP contribution in [-0.2, 0) is 17.3 Å². The van der Waals surface area contributed by atoms with Crippen molar-refractivity contribution in [3.05, 3.63) is 11.9 Å². The van der Waals surface area contributed by atoms with Crippen molar-refractivity contribution in [2.45, 2.75) is 25.1 Å². The summed E-state index contributed by atoms with van der Waals surface area (Å²) in [7, 11) is 2.34. The van der Waals surface area contributed by atoms with Gasteiger partial charge in [0.05, 0.1) is 19.8 Å². The van der Waals surface area contributed by atoms with E-state index in [0.29, 0.717) is 18.3 Å². The van der Waals surface area contributed by atoms with Crippen LogP contribution in [0.15, 0.2) is 6.33 Å². The first kappa shape index (κ1) is 15.8. The van der Waals surface area contributed by atoms with Crippen LogP contribution in [0.1, 0.15) is 18.9 Å². The van der Waals surface area contributed by atoms with E-state index in [9.17, 15) is 4.21 Å². The molecule has 1 aromatic rings. The van der Waals surface area contributed by atoms with Crippen molar-refractivity contribution < 1.29 is 13.7 Å². The molecular formula is C12H21N3O3S. The molecule has 0 aliphatic carbocycles. The van der Waals surface area contributed by atoms with Gasteiger partial charge >= 0.3 is 0 Å². The molecule has 0 saturated carbocycles. The summed E-state index contributed by atoms with van der Waals surface area (Å²) in [6.07, 6.45) is 3.98. The average Bonchev–Trinajstić information content (AvgIpc) is 2.42. The fourth-order valence-corrected chi connectivity index (χ4v) is 2.02. The summed E-state index contributed by atoms with van der Waals surface area (Å²) in [6, 6.07) is 0. The van der Waals surface area contributed by atoms with E-state index in [1.165, 1.54) is 6.33 Å². The van der Waals surface area contributed by atoms with Crippen molar-refractivity contribution >= 4 is 10.8 Å². The van der Waals surface area contributed by atoms with Gasteiger partial charge in [0, 0.05) is 28.9 Å². The maximum Gasteiger partial charge on any atom is 0.224 e. The molecule has 108 valence electrons. The minimum Gasteiger partial charge on any atom is -0.481 e. The minimum atomic E-state index is -0.784. The van der Waals surface area contributed by atoms with E-state index in [0.717, 1.165) is 18.5 Å². The SMILES string of the molecule is COc1ncnc(OC)c1CNCCC(C)S(C)=O. The quantitative estimate of drug-likeness (QED) is 0.711. The van der Waals surface area contributed by atoms with Gasteiger partial charge in [-0.15, -0.1) is 0 Å². The molecule has 0 aromatic carbocycles. The molecule has 0 aliphatic rings. The van der Waals surface area contributed by atoms with Gasteiger partial charge in [-0.25, -0.2) is 9.97 Å². The van der Waals surface area contributed by atoms with E-state index >= 15 is 0 Å². The molecule has 0 aliphatic heterocycles. The zero-order valence-electron chi connectivity index (χ0n) is 11.8. The molecule has 2 unspecified atom stereocenters. The number of methoxy groups -OCH3 is 2. The lowest BCUT2D eigenvalue weighted by molar-refractivity contribution is 0.359. The Morgan fingerprint density at radius 1 is 1.32 bits per heavy atom. The van der Waals surface area contributed by atoms with Gasteiger partial charge in [-0.1, -0.05) is 6.92 Å². The summed E-state index contributed by atoms with van der Waals surface area (Å²) in [5.41, 5.74) is 0.790. The predicted octanol–water partition coefficient (Wildman–Crippen LogP) is 0.740. The molecule has 0 saturated heterocycles. The highest BCUT2D eigenvalue weighted by Crippen LogP contribution is 2.22. The molecule has 19 heavy (non-hydrogen) atoms. The summed E-state index contributed by atoms with van der Waals surface area (Å²) >= 11 is 0.